The Labute approximate surface area is 262 Å². The lowest BCUT2D eigenvalue weighted by molar-refractivity contribution is 0.633. The molecule has 0 atom stereocenters. The first kappa shape index (κ1) is 25.0. The Morgan fingerprint density at radius 1 is 0.348 bits per heavy atom. The first-order valence-corrected chi connectivity index (χ1v) is 15.3. The summed E-state index contributed by atoms with van der Waals surface area (Å²) >= 11 is 0. The van der Waals surface area contributed by atoms with Crippen LogP contribution in [0.2, 0.25) is 0 Å². The fourth-order valence-corrected chi connectivity index (χ4v) is 6.63. The largest absolute Gasteiger partial charge is 0.452 e. The predicted octanol–water partition coefficient (Wildman–Crippen LogP) is 11.0. The number of nitrogens with zero attached hydrogens (tertiary/aromatic N) is 3. The van der Waals surface area contributed by atoms with E-state index in [2.05, 4.69) is 84.9 Å². The normalized spacial score (nSPS) is 11.9. The summed E-state index contributed by atoms with van der Waals surface area (Å²) in [6, 6.07) is 47.7. The summed E-state index contributed by atoms with van der Waals surface area (Å²) in [5.41, 5.74) is 5.65. The van der Waals surface area contributed by atoms with Crippen LogP contribution in [-0.2, 0) is 0 Å². The third-order valence-corrected chi connectivity index (χ3v) is 8.90. The average Bonchev–Trinajstić information content (AvgIpc) is 3.70. The van der Waals surface area contributed by atoms with Gasteiger partial charge in [-0.05, 0) is 57.9 Å². The second-order valence-corrected chi connectivity index (χ2v) is 11.6. The van der Waals surface area contributed by atoms with Gasteiger partial charge in [-0.3, -0.25) is 0 Å². The van der Waals surface area contributed by atoms with Crippen LogP contribution in [0.25, 0.3) is 99.6 Å². The van der Waals surface area contributed by atoms with Gasteiger partial charge in [0.25, 0.3) is 0 Å². The summed E-state index contributed by atoms with van der Waals surface area (Å²) in [4.78, 5) is 15.2. The highest BCUT2D eigenvalue weighted by Crippen LogP contribution is 2.41. The summed E-state index contributed by atoms with van der Waals surface area (Å²) in [5.74, 6) is 1.75. The van der Waals surface area contributed by atoms with Crippen molar-refractivity contribution in [2.75, 3.05) is 0 Å². The van der Waals surface area contributed by atoms with Crippen LogP contribution in [0, 0.1) is 0 Å². The van der Waals surface area contributed by atoms with Crippen molar-refractivity contribution in [1.82, 2.24) is 15.0 Å². The van der Waals surface area contributed by atoms with E-state index in [0.29, 0.717) is 23.1 Å². The fourth-order valence-electron chi connectivity index (χ4n) is 6.63. The van der Waals surface area contributed by atoms with Gasteiger partial charge in [0.1, 0.15) is 11.2 Å². The quantitative estimate of drug-likeness (QED) is 0.205. The Hall–Kier alpha value is -6.33. The summed E-state index contributed by atoms with van der Waals surface area (Å²) in [6.45, 7) is 0. The van der Waals surface area contributed by atoms with E-state index in [1.807, 2.05) is 54.6 Å². The van der Waals surface area contributed by atoms with E-state index in [1.165, 1.54) is 10.8 Å². The molecular weight excluding hydrogens is 566 g/mol. The summed E-state index contributed by atoms with van der Waals surface area (Å²) in [5, 5.41) is 8.65. The molecule has 3 heterocycles. The zero-order valence-electron chi connectivity index (χ0n) is 24.4. The Kier molecular flexibility index (Phi) is 5.22. The summed E-state index contributed by atoms with van der Waals surface area (Å²) < 4.78 is 13.0. The highest BCUT2D eigenvalue weighted by Gasteiger charge is 2.20. The van der Waals surface area contributed by atoms with Crippen molar-refractivity contribution in [1.29, 1.82) is 0 Å². The van der Waals surface area contributed by atoms with Gasteiger partial charge < -0.3 is 8.83 Å². The third kappa shape index (κ3) is 3.79. The van der Waals surface area contributed by atoms with Crippen LogP contribution in [0.15, 0.2) is 148 Å². The minimum absolute atomic E-state index is 0.548. The van der Waals surface area contributed by atoms with E-state index in [1.54, 1.807) is 0 Å². The molecular formula is C41H23N3O2. The maximum atomic E-state index is 6.69. The molecule has 0 saturated heterocycles. The van der Waals surface area contributed by atoms with Crippen molar-refractivity contribution in [2.45, 2.75) is 0 Å². The number of hydrogen-bond acceptors (Lipinski definition) is 5. The summed E-state index contributed by atoms with van der Waals surface area (Å²) in [7, 11) is 0. The molecule has 0 fully saturated rings. The minimum Gasteiger partial charge on any atom is -0.452 e. The van der Waals surface area contributed by atoms with Crippen molar-refractivity contribution in [2.24, 2.45) is 0 Å². The van der Waals surface area contributed by atoms with Crippen LogP contribution in [0.4, 0.5) is 0 Å². The highest BCUT2D eigenvalue weighted by atomic mass is 16.4. The number of furan rings is 2. The molecule has 0 bridgehead atoms. The maximum absolute atomic E-state index is 6.69. The molecule has 214 valence electrons. The van der Waals surface area contributed by atoms with Gasteiger partial charge in [0.2, 0.25) is 0 Å². The maximum Gasteiger partial charge on any atom is 0.178 e. The molecule has 0 aliphatic heterocycles. The van der Waals surface area contributed by atoms with Gasteiger partial charge in [-0.25, -0.2) is 15.0 Å². The first-order valence-electron chi connectivity index (χ1n) is 15.3. The lowest BCUT2D eigenvalue weighted by Crippen LogP contribution is -2.00. The van der Waals surface area contributed by atoms with Gasteiger partial charge in [0, 0.05) is 32.7 Å². The number of rotatable bonds is 3. The van der Waals surface area contributed by atoms with Crippen molar-refractivity contribution < 1.29 is 8.83 Å². The highest BCUT2D eigenvalue weighted by molar-refractivity contribution is 6.20. The van der Waals surface area contributed by atoms with E-state index < -0.39 is 0 Å². The molecule has 0 spiro atoms. The standard InChI is InChI=1S/C41H23N3O2/c1-3-10-26-22-28(18-16-24(26)8-1)39-42-40(29-19-17-25-9-2-4-11-27(25)23-29)44-41(43-39)34-14-7-13-31-33-21-20-32-30-12-5-6-15-35(30)45-37(32)38(33)46-36(31)34/h1-23H. The smallest absolute Gasteiger partial charge is 0.178 e. The molecule has 0 aliphatic carbocycles. The van der Waals surface area contributed by atoms with Crippen molar-refractivity contribution in [3.05, 3.63) is 140 Å². The van der Waals surface area contributed by atoms with Gasteiger partial charge in [0.15, 0.2) is 28.6 Å². The number of fused-ring (bicyclic) bond motifs is 9. The van der Waals surface area contributed by atoms with Crippen LogP contribution in [0.3, 0.4) is 0 Å². The molecule has 5 nitrogen and oxygen atoms in total. The van der Waals surface area contributed by atoms with Crippen LogP contribution in [-0.4, -0.2) is 15.0 Å². The van der Waals surface area contributed by atoms with Gasteiger partial charge in [-0.2, -0.15) is 0 Å². The van der Waals surface area contributed by atoms with Crippen LogP contribution < -0.4 is 0 Å². The zero-order valence-corrected chi connectivity index (χ0v) is 24.4. The molecule has 5 heteroatoms. The molecule has 0 N–H and O–H groups in total. The topological polar surface area (TPSA) is 65.0 Å². The molecule has 0 saturated carbocycles. The molecule has 0 radical (unpaired) electrons. The second kappa shape index (κ2) is 9.58. The van der Waals surface area contributed by atoms with Gasteiger partial charge in [-0.1, -0.05) is 103 Å². The lowest BCUT2D eigenvalue weighted by atomic mass is 10.0. The molecule has 10 rings (SSSR count). The monoisotopic (exact) mass is 589 g/mol. The first-order chi connectivity index (χ1) is 22.8. The zero-order chi connectivity index (χ0) is 30.2. The Morgan fingerprint density at radius 3 is 1.57 bits per heavy atom. The van der Waals surface area contributed by atoms with Crippen molar-refractivity contribution in [3.8, 4) is 34.2 Å². The minimum atomic E-state index is 0.548. The molecule has 0 amide bonds. The van der Waals surface area contributed by atoms with E-state index in [-0.39, 0.29) is 0 Å². The molecule has 3 aromatic heterocycles. The Bertz CT molecular complexity index is 2730. The number of para-hydroxylation sites is 2. The van der Waals surface area contributed by atoms with Crippen LogP contribution >= 0.6 is 0 Å². The number of aromatic nitrogens is 3. The Balaban J connectivity index is 1.23. The lowest BCUT2D eigenvalue weighted by Gasteiger charge is -2.10. The average molecular weight is 590 g/mol. The molecule has 7 aromatic carbocycles. The molecule has 0 aliphatic rings. The predicted molar refractivity (Wildman–Crippen MR) is 186 cm³/mol. The fraction of sp³-hybridized carbons (Fsp3) is 0. The number of benzene rings is 7. The van der Waals surface area contributed by atoms with Crippen LogP contribution in [0.5, 0.6) is 0 Å². The molecule has 10 aromatic rings. The third-order valence-electron chi connectivity index (χ3n) is 8.90. The molecule has 46 heavy (non-hydrogen) atoms. The van der Waals surface area contributed by atoms with E-state index in [0.717, 1.165) is 65.8 Å². The van der Waals surface area contributed by atoms with Crippen molar-refractivity contribution >= 4 is 65.4 Å². The molecule has 0 unspecified atom stereocenters. The number of hydrogen-bond donors (Lipinski definition) is 0. The van der Waals surface area contributed by atoms with Crippen molar-refractivity contribution in [3.63, 3.8) is 0 Å². The van der Waals surface area contributed by atoms with Gasteiger partial charge >= 0.3 is 0 Å². The van der Waals surface area contributed by atoms with Crippen LogP contribution in [0.1, 0.15) is 0 Å². The van der Waals surface area contributed by atoms with Gasteiger partial charge in [-0.15, -0.1) is 0 Å². The van der Waals surface area contributed by atoms with E-state index in [9.17, 15) is 0 Å². The van der Waals surface area contributed by atoms with E-state index >= 15 is 0 Å². The van der Waals surface area contributed by atoms with Gasteiger partial charge in [0.05, 0.1) is 5.56 Å². The second-order valence-electron chi connectivity index (χ2n) is 11.6. The SMILES string of the molecule is c1ccc2cc(-c3nc(-c4ccc5ccccc5c4)nc(-c4cccc5c4oc4c5ccc5c6ccccc6oc54)n3)ccc2c1. The van der Waals surface area contributed by atoms with E-state index in [4.69, 9.17) is 23.8 Å². The Morgan fingerprint density at radius 2 is 0.870 bits per heavy atom. The summed E-state index contributed by atoms with van der Waals surface area (Å²) in [6.07, 6.45) is 0.